The Bertz CT molecular complexity index is 368. The quantitative estimate of drug-likeness (QED) is 0.826. The average molecular weight is 260 g/mol. The van der Waals surface area contributed by atoms with Crippen LogP contribution in [0.5, 0.6) is 0 Å². The third-order valence-corrected chi connectivity index (χ3v) is 4.79. The molecular weight excluding hydrogens is 232 g/mol. The summed E-state index contributed by atoms with van der Waals surface area (Å²) in [6, 6.07) is 8.71. The van der Waals surface area contributed by atoms with E-state index in [1.54, 1.807) is 0 Å². The van der Waals surface area contributed by atoms with Gasteiger partial charge in [0.15, 0.2) is 0 Å². The average Bonchev–Trinajstić information content (AvgIpc) is 2.46. The van der Waals surface area contributed by atoms with Gasteiger partial charge in [-0.05, 0) is 50.0 Å². The first kappa shape index (κ1) is 14.6. The molecule has 0 heterocycles. The van der Waals surface area contributed by atoms with E-state index in [9.17, 15) is 5.11 Å². The molecule has 2 rings (SSSR count). The van der Waals surface area contributed by atoms with Crippen molar-refractivity contribution >= 4 is 0 Å². The van der Waals surface area contributed by atoms with Crippen molar-refractivity contribution in [1.82, 2.24) is 0 Å². The summed E-state index contributed by atoms with van der Waals surface area (Å²) >= 11 is 0. The van der Waals surface area contributed by atoms with Gasteiger partial charge in [0.05, 0.1) is 6.10 Å². The van der Waals surface area contributed by atoms with Gasteiger partial charge in [-0.2, -0.15) is 0 Å². The Balaban J connectivity index is 1.80. The molecule has 1 aromatic rings. The Hall–Kier alpha value is -0.820. The molecule has 1 saturated carbocycles. The maximum atomic E-state index is 10.4. The second-order valence-electron chi connectivity index (χ2n) is 6.29. The number of hydrogen-bond donors (Lipinski definition) is 1. The number of benzene rings is 1. The third kappa shape index (κ3) is 4.35. The molecule has 0 aliphatic heterocycles. The summed E-state index contributed by atoms with van der Waals surface area (Å²) in [5.41, 5.74) is 2.66. The molecule has 1 heteroatoms. The van der Waals surface area contributed by atoms with Crippen molar-refractivity contribution in [3.63, 3.8) is 0 Å². The van der Waals surface area contributed by atoms with Crippen LogP contribution in [0.2, 0.25) is 0 Å². The van der Waals surface area contributed by atoms with Crippen molar-refractivity contribution < 1.29 is 5.11 Å². The van der Waals surface area contributed by atoms with Crippen LogP contribution in [-0.4, -0.2) is 11.2 Å². The second kappa shape index (κ2) is 7.09. The minimum atomic E-state index is -0.101. The Labute approximate surface area is 118 Å². The molecule has 0 saturated heterocycles. The molecular formula is C18H28O. The standard InChI is InChI=1S/C18H28O/c1-3-15-5-4-6-17(13-15)18(19)12-11-16-9-7-14(2)8-10-16/h7-10,15,17-19H,3-6,11-13H2,1-2H3. The minimum Gasteiger partial charge on any atom is -0.393 e. The maximum absolute atomic E-state index is 10.4. The number of aliphatic hydroxyl groups is 1. The summed E-state index contributed by atoms with van der Waals surface area (Å²) in [5.74, 6) is 1.40. The van der Waals surface area contributed by atoms with E-state index in [1.165, 1.54) is 43.2 Å². The lowest BCUT2D eigenvalue weighted by atomic mass is 9.76. The van der Waals surface area contributed by atoms with E-state index in [2.05, 4.69) is 38.1 Å². The topological polar surface area (TPSA) is 20.2 Å². The van der Waals surface area contributed by atoms with Crippen molar-refractivity contribution in [1.29, 1.82) is 0 Å². The van der Waals surface area contributed by atoms with Gasteiger partial charge in [-0.3, -0.25) is 0 Å². The summed E-state index contributed by atoms with van der Waals surface area (Å²) in [6.07, 6.45) is 8.26. The molecule has 1 fully saturated rings. The van der Waals surface area contributed by atoms with Crippen LogP contribution in [0, 0.1) is 18.8 Å². The lowest BCUT2D eigenvalue weighted by molar-refractivity contribution is 0.0618. The maximum Gasteiger partial charge on any atom is 0.0571 e. The van der Waals surface area contributed by atoms with Crippen LogP contribution >= 0.6 is 0 Å². The summed E-state index contributed by atoms with van der Waals surface area (Å²) in [7, 11) is 0. The van der Waals surface area contributed by atoms with Gasteiger partial charge in [0.1, 0.15) is 0 Å². The Morgan fingerprint density at radius 2 is 1.95 bits per heavy atom. The van der Waals surface area contributed by atoms with Gasteiger partial charge in [-0.25, -0.2) is 0 Å². The lowest BCUT2D eigenvalue weighted by Crippen LogP contribution is -2.27. The van der Waals surface area contributed by atoms with Gasteiger partial charge in [0.25, 0.3) is 0 Å². The van der Waals surface area contributed by atoms with Crippen molar-refractivity contribution in [3.8, 4) is 0 Å². The Morgan fingerprint density at radius 1 is 1.21 bits per heavy atom. The summed E-state index contributed by atoms with van der Waals surface area (Å²) in [6.45, 7) is 4.40. The van der Waals surface area contributed by atoms with Crippen molar-refractivity contribution in [2.75, 3.05) is 0 Å². The molecule has 1 N–H and O–H groups in total. The van der Waals surface area contributed by atoms with Gasteiger partial charge in [0.2, 0.25) is 0 Å². The normalized spacial score (nSPS) is 25.2. The van der Waals surface area contributed by atoms with Crippen molar-refractivity contribution in [2.45, 2.75) is 64.9 Å². The molecule has 3 atom stereocenters. The summed E-state index contributed by atoms with van der Waals surface area (Å²) < 4.78 is 0. The van der Waals surface area contributed by atoms with Gasteiger partial charge < -0.3 is 5.11 Å². The number of rotatable bonds is 5. The number of aliphatic hydroxyl groups excluding tert-OH is 1. The molecule has 3 unspecified atom stereocenters. The van der Waals surface area contributed by atoms with E-state index < -0.39 is 0 Å². The van der Waals surface area contributed by atoms with Gasteiger partial charge in [0, 0.05) is 0 Å². The zero-order valence-electron chi connectivity index (χ0n) is 12.4. The monoisotopic (exact) mass is 260 g/mol. The van der Waals surface area contributed by atoms with E-state index in [0.717, 1.165) is 18.8 Å². The molecule has 1 aliphatic rings. The zero-order chi connectivity index (χ0) is 13.7. The van der Waals surface area contributed by atoms with Crippen molar-refractivity contribution in [3.05, 3.63) is 35.4 Å². The summed E-state index contributed by atoms with van der Waals surface area (Å²) in [4.78, 5) is 0. The van der Waals surface area contributed by atoms with Gasteiger partial charge in [-0.15, -0.1) is 0 Å². The number of aryl methyl sites for hydroxylation is 2. The second-order valence-corrected chi connectivity index (χ2v) is 6.29. The molecule has 1 aliphatic carbocycles. The third-order valence-electron chi connectivity index (χ3n) is 4.79. The fourth-order valence-corrected chi connectivity index (χ4v) is 3.36. The fourth-order valence-electron chi connectivity index (χ4n) is 3.36. The van der Waals surface area contributed by atoms with E-state index in [-0.39, 0.29) is 6.10 Å². The Kier molecular flexibility index (Phi) is 5.45. The first-order valence-corrected chi connectivity index (χ1v) is 7.92. The highest BCUT2D eigenvalue weighted by Gasteiger charge is 2.26. The van der Waals surface area contributed by atoms with E-state index >= 15 is 0 Å². The molecule has 1 aromatic carbocycles. The molecule has 0 amide bonds. The van der Waals surface area contributed by atoms with E-state index in [0.29, 0.717) is 5.92 Å². The number of hydrogen-bond acceptors (Lipinski definition) is 1. The Morgan fingerprint density at radius 3 is 2.63 bits per heavy atom. The fraction of sp³-hybridized carbons (Fsp3) is 0.667. The predicted molar refractivity (Wildman–Crippen MR) is 81.2 cm³/mol. The SMILES string of the molecule is CCC1CCCC(C(O)CCc2ccc(C)cc2)C1. The highest BCUT2D eigenvalue weighted by Crippen LogP contribution is 2.34. The first-order chi connectivity index (χ1) is 9.19. The molecule has 1 nitrogen and oxygen atoms in total. The molecule has 106 valence electrons. The first-order valence-electron chi connectivity index (χ1n) is 7.92. The van der Waals surface area contributed by atoms with Crippen molar-refractivity contribution in [2.24, 2.45) is 11.8 Å². The smallest absolute Gasteiger partial charge is 0.0571 e. The summed E-state index contributed by atoms with van der Waals surface area (Å²) in [5, 5.41) is 10.4. The minimum absolute atomic E-state index is 0.101. The highest BCUT2D eigenvalue weighted by molar-refractivity contribution is 5.21. The molecule has 0 radical (unpaired) electrons. The highest BCUT2D eigenvalue weighted by atomic mass is 16.3. The van der Waals surface area contributed by atoms with Crippen LogP contribution in [0.15, 0.2) is 24.3 Å². The van der Waals surface area contributed by atoms with Gasteiger partial charge in [-0.1, -0.05) is 56.0 Å². The predicted octanol–water partition coefficient (Wildman–Crippen LogP) is 4.50. The van der Waals surface area contributed by atoms with Crippen LogP contribution in [-0.2, 0) is 6.42 Å². The van der Waals surface area contributed by atoms with E-state index in [1.807, 2.05) is 0 Å². The van der Waals surface area contributed by atoms with Crippen LogP contribution in [0.3, 0.4) is 0 Å². The zero-order valence-corrected chi connectivity index (χ0v) is 12.4. The molecule has 0 aromatic heterocycles. The largest absolute Gasteiger partial charge is 0.393 e. The molecule has 19 heavy (non-hydrogen) atoms. The van der Waals surface area contributed by atoms with Crippen LogP contribution < -0.4 is 0 Å². The van der Waals surface area contributed by atoms with Crippen LogP contribution in [0.4, 0.5) is 0 Å². The molecule has 0 spiro atoms. The van der Waals surface area contributed by atoms with Crippen LogP contribution in [0.1, 0.15) is 56.6 Å². The van der Waals surface area contributed by atoms with E-state index in [4.69, 9.17) is 0 Å². The molecule has 0 bridgehead atoms. The van der Waals surface area contributed by atoms with Crippen LogP contribution in [0.25, 0.3) is 0 Å². The lowest BCUT2D eigenvalue weighted by Gasteiger charge is -2.31. The van der Waals surface area contributed by atoms with Gasteiger partial charge >= 0.3 is 0 Å².